The molecule has 1 aliphatic heterocycles. The number of urea groups is 1. The number of aryl methyl sites for hydroxylation is 1. The van der Waals surface area contributed by atoms with Crippen LogP contribution < -0.4 is 15.0 Å². The molecule has 3 rings (SSSR count). The van der Waals surface area contributed by atoms with Gasteiger partial charge in [-0.1, -0.05) is 18.2 Å². The third-order valence-electron chi connectivity index (χ3n) is 4.82. The minimum absolute atomic E-state index is 0.229. The molecule has 0 aromatic heterocycles. The van der Waals surface area contributed by atoms with E-state index in [0.717, 1.165) is 17.0 Å². The van der Waals surface area contributed by atoms with Crippen LogP contribution in [0.15, 0.2) is 42.5 Å². The molecular weight excluding hydrogens is 358 g/mol. The molecule has 7 heteroatoms. The maximum atomic E-state index is 12.7. The number of carbonyl (C=O) groups excluding carboxylic acids is 2. The van der Waals surface area contributed by atoms with Crippen molar-refractivity contribution in [3.63, 3.8) is 0 Å². The van der Waals surface area contributed by atoms with E-state index in [1.165, 1.54) is 7.11 Å². The lowest BCUT2D eigenvalue weighted by Gasteiger charge is -2.36. The molecule has 0 unspecified atom stereocenters. The average Bonchev–Trinajstić information content (AvgIpc) is 2.73. The Morgan fingerprint density at radius 2 is 1.71 bits per heavy atom. The summed E-state index contributed by atoms with van der Waals surface area (Å²) >= 11 is 0. The fraction of sp³-hybridized carbons (Fsp3) is 0.333. The fourth-order valence-corrected chi connectivity index (χ4v) is 3.27. The van der Waals surface area contributed by atoms with Crippen LogP contribution in [0.2, 0.25) is 0 Å². The molecule has 0 spiro atoms. The second kappa shape index (κ2) is 8.65. The van der Waals surface area contributed by atoms with Gasteiger partial charge in [-0.25, -0.2) is 9.59 Å². The van der Waals surface area contributed by atoms with Crippen LogP contribution in [-0.4, -0.2) is 57.3 Å². The molecule has 2 aromatic carbocycles. The molecule has 28 heavy (non-hydrogen) atoms. The highest BCUT2D eigenvalue weighted by molar-refractivity contribution is 6.00. The number of carbonyl (C=O) groups is 2. The predicted octanol–water partition coefficient (Wildman–Crippen LogP) is 3.14. The molecule has 2 aromatic rings. The third kappa shape index (κ3) is 4.19. The number of benzene rings is 2. The Hall–Kier alpha value is -3.22. The van der Waals surface area contributed by atoms with Crippen molar-refractivity contribution in [2.75, 3.05) is 50.6 Å². The van der Waals surface area contributed by atoms with E-state index in [1.807, 2.05) is 19.1 Å². The van der Waals surface area contributed by atoms with Gasteiger partial charge in [-0.2, -0.15) is 0 Å². The molecule has 7 nitrogen and oxygen atoms in total. The Bertz CT molecular complexity index is 860. The Morgan fingerprint density at radius 1 is 1.00 bits per heavy atom. The highest BCUT2D eigenvalue weighted by Crippen LogP contribution is 2.30. The summed E-state index contributed by atoms with van der Waals surface area (Å²) in [5, 5.41) is 2.82. The van der Waals surface area contributed by atoms with Gasteiger partial charge >= 0.3 is 12.0 Å². The number of piperazine rings is 1. The van der Waals surface area contributed by atoms with Gasteiger partial charge in [0.05, 0.1) is 31.2 Å². The highest BCUT2D eigenvalue weighted by Gasteiger charge is 2.24. The van der Waals surface area contributed by atoms with Gasteiger partial charge in [-0.05, 0) is 36.8 Å². The Morgan fingerprint density at radius 3 is 2.39 bits per heavy atom. The van der Waals surface area contributed by atoms with Gasteiger partial charge in [0.15, 0.2) is 0 Å². The van der Waals surface area contributed by atoms with Crippen molar-refractivity contribution in [3.8, 4) is 5.75 Å². The van der Waals surface area contributed by atoms with Crippen LogP contribution in [0.4, 0.5) is 16.2 Å². The number of amides is 2. The Balaban J connectivity index is 1.65. The molecule has 0 saturated carbocycles. The van der Waals surface area contributed by atoms with E-state index in [1.54, 1.807) is 36.3 Å². The number of nitrogens with zero attached hydrogens (tertiary/aromatic N) is 2. The molecule has 148 valence electrons. The summed E-state index contributed by atoms with van der Waals surface area (Å²) in [5.74, 6) is 0.350. The molecule has 1 N–H and O–H groups in total. The van der Waals surface area contributed by atoms with Crippen LogP contribution in [0.5, 0.6) is 5.75 Å². The molecule has 2 amide bonds. The number of nitrogens with one attached hydrogen (secondary N) is 1. The van der Waals surface area contributed by atoms with Gasteiger partial charge in [0, 0.05) is 26.2 Å². The molecular formula is C21H25N3O4. The number of ether oxygens (including phenoxy) is 2. The first-order valence-electron chi connectivity index (χ1n) is 9.16. The van der Waals surface area contributed by atoms with Crippen molar-refractivity contribution in [3.05, 3.63) is 53.6 Å². The third-order valence-corrected chi connectivity index (χ3v) is 4.82. The van der Waals surface area contributed by atoms with Crippen molar-refractivity contribution in [1.82, 2.24) is 4.90 Å². The highest BCUT2D eigenvalue weighted by atomic mass is 16.5. The maximum absolute atomic E-state index is 12.7. The molecule has 1 aliphatic rings. The zero-order valence-corrected chi connectivity index (χ0v) is 16.4. The van der Waals surface area contributed by atoms with Crippen LogP contribution in [0.1, 0.15) is 15.9 Å². The normalized spacial score (nSPS) is 13.8. The van der Waals surface area contributed by atoms with Crippen molar-refractivity contribution < 1.29 is 19.1 Å². The zero-order chi connectivity index (χ0) is 20.1. The summed E-state index contributed by atoms with van der Waals surface area (Å²) in [6.45, 7) is 4.59. The van der Waals surface area contributed by atoms with Crippen molar-refractivity contribution in [2.24, 2.45) is 0 Å². The summed E-state index contributed by atoms with van der Waals surface area (Å²) in [5.41, 5.74) is 2.98. The van der Waals surface area contributed by atoms with E-state index in [9.17, 15) is 9.59 Å². The summed E-state index contributed by atoms with van der Waals surface area (Å²) in [6.07, 6.45) is 0. The van der Waals surface area contributed by atoms with Gasteiger partial charge in [0.2, 0.25) is 0 Å². The number of esters is 1. The summed E-state index contributed by atoms with van der Waals surface area (Å²) in [4.78, 5) is 28.5. The predicted molar refractivity (Wildman–Crippen MR) is 108 cm³/mol. The first kappa shape index (κ1) is 19.5. The molecule has 0 radical (unpaired) electrons. The zero-order valence-electron chi connectivity index (χ0n) is 16.4. The first-order valence-corrected chi connectivity index (χ1v) is 9.16. The Labute approximate surface area is 164 Å². The van der Waals surface area contributed by atoms with Crippen LogP contribution in [-0.2, 0) is 4.74 Å². The number of rotatable bonds is 4. The van der Waals surface area contributed by atoms with Crippen LogP contribution in [0, 0.1) is 6.92 Å². The van der Waals surface area contributed by atoms with Gasteiger partial charge in [0.1, 0.15) is 5.75 Å². The molecule has 1 fully saturated rings. The maximum Gasteiger partial charge on any atom is 0.339 e. The lowest BCUT2D eigenvalue weighted by atomic mass is 10.1. The van der Waals surface area contributed by atoms with E-state index < -0.39 is 5.97 Å². The van der Waals surface area contributed by atoms with Crippen molar-refractivity contribution in [1.29, 1.82) is 0 Å². The first-order chi connectivity index (χ1) is 13.5. The minimum Gasteiger partial charge on any atom is -0.495 e. The number of methoxy groups -OCH3 is 2. The smallest absolute Gasteiger partial charge is 0.339 e. The summed E-state index contributed by atoms with van der Waals surface area (Å²) in [7, 11) is 2.98. The van der Waals surface area contributed by atoms with Gasteiger partial charge in [-0.3, -0.25) is 0 Å². The molecule has 0 bridgehead atoms. The van der Waals surface area contributed by atoms with Crippen LogP contribution in [0.3, 0.4) is 0 Å². The quantitative estimate of drug-likeness (QED) is 0.822. The minimum atomic E-state index is -0.479. The number of anilines is 2. The Kier molecular flexibility index (Phi) is 6.03. The van der Waals surface area contributed by atoms with Gasteiger partial charge < -0.3 is 24.6 Å². The fourth-order valence-electron chi connectivity index (χ4n) is 3.27. The van der Waals surface area contributed by atoms with Gasteiger partial charge in [0.25, 0.3) is 0 Å². The summed E-state index contributed by atoms with van der Waals surface area (Å²) in [6, 6.07) is 12.7. The standard InChI is InChI=1S/C21H25N3O4/c1-15-8-9-19(27-2)18(14-15)23-10-12-24(13-11-23)21(26)22-17-7-5-4-6-16(17)20(25)28-3/h4-9,14H,10-13H2,1-3H3,(H,22,26). The molecule has 1 saturated heterocycles. The SMILES string of the molecule is COC(=O)c1ccccc1NC(=O)N1CCN(c2cc(C)ccc2OC)CC1. The van der Waals surface area contributed by atoms with Crippen molar-refractivity contribution in [2.45, 2.75) is 6.92 Å². The number of para-hydroxylation sites is 1. The second-order valence-corrected chi connectivity index (χ2v) is 6.62. The lowest BCUT2D eigenvalue weighted by Crippen LogP contribution is -2.50. The summed E-state index contributed by atoms with van der Waals surface area (Å²) < 4.78 is 10.3. The average molecular weight is 383 g/mol. The number of hydrogen-bond acceptors (Lipinski definition) is 5. The lowest BCUT2D eigenvalue weighted by molar-refractivity contribution is 0.0602. The monoisotopic (exact) mass is 383 g/mol. The molecule has 1 heterocycles. The van der Waals surface area contributed by atoms with Gasteiger partial charge in [-0.15, -0.1) is 0 Å². The van der Waals surface area contributed by atoms with E-state index in [0.29, 0.717) is 37.4 Å². The van der Waals surface area contributed by atoms with Crippen LogP contribution in [0.25, 0.3) is 0 Å². The topological polar surface area (TPSA) is 71.1 Å². The van der Waals surface area contributed by atoms with E-state index in [4.69, 9.17) is 9.47 Å². The van der Waals surface area contributed by atoms with Crippen molar-refractivity contribution >= 4 is 23.4 Å². The largest absolute Gasteiger partial charge is 0.495 e. The molecule has 0 atom stereocenters. The van der Waals surface area contributed by atoms with Crippen LogP contribution >= 0.6 is 0 Å². The van der Waals surface area contributed by atoms with E-state index >= 15 is 0 Å². The molecule has 0 aliphatic carbocycles. The number of hydrogen-bond donors (Lipinski definition) is 1. The van der Waals surface area contributed by atoms with E-state index in [-0.39, 0.29) is 6.03 Å². The second-order valence-electron chi connectivity index (χ2n) is 6.62. The van der Waals surface area contributed by atoms with E-state index in [2.05, 4.69) is 16.3 Å².